The Labute approximate surface area is 157 Å². The minimum absolute atomic E-state index is 0.00333. The lowest BCUT2D eigenvalue weighted by atomic mass is 10.1. The van der Waals surface area contributed by atoms with Crippen molar-refractivity contribution >= 4 is 0 Å². The number of nitrogens with zero attached hydrogens (tertiary/aromatic N) is 4. The van der Waals surface area contributed by atoms with Crippen LogP contribution in [0.5, 0.6) is 11.5 Å². The van der Waals surface area contributed by atoms with Crippen LogP contribution in [0.3, 0.4) is 0 Å². The van der Waals surface area contributed by atoms with Gasteiger partial charge in [-0.2, -0.15) is 0 Å². The molecular formula is C19H24N4O4. The molecule has 8 nitrogen and oxygen atoms in total. The fourth-order valence-corrected chi connectivity index (χ4v) is 3.34. The van der Waals surface area contributed by atoms with E-state index in [1.807, 2.05) is 39.0 Å². The summed E-state index contributed by atoms with van der Waals surface area (Å²) in [5.74, 6) is 1.88. The minimum Gasteiger partial charge on any atom is -0.454 e. The van der Waals surface area contributed by atoms with Crippen molar-refractivity contribution in [2.24, 2.45) is 0 Å². The fourth-order valence-electron chi connectivity index (χ4n) is 3.34. The van der Waals surface area contributed by atoms with E-state index in [1.54, 1.807) is 4.68 Å². The van der Waals surface area contributed by atoms with Crippen molar-refractivity contribution in [2.45, 2.75) is 32.9 Å². The number of hydrogen-bond acceptors (Lipinski definition) is 7. The van der Waals surface area contributed by atoms with Crippen LogP contribution in [-0.2, 0) is 4.74 Å². The zero-order chi connectivity index (χ0) is 19.0. The lowest BCUT2D eigenvalue weighted by molar-refractivity contribution is -0.000994. The van der Waals surface area contributed by atoms with Crippen LogP contribution in [0.25, 0.3) is 11.4 Å². The highest BCUT2D eigenvalue weighted by molar-refractivity contribution is 5.61. The van der Waals surface area contributed by atoms with Gasteiger partial charge in [-0.25, -0.2) is 9.67 Å². The van der Waals surface area contributed by atoms with E-state index in [2.05, 4.69) is 15.0 Å². The van der Waals surface area contributed by atoms with Gasteiger partial charge in [-0.15, -0.1) is 5.10 Å². The van der Waals surface area contributed by atoms with Gasteiger partial charge in [-0.3, -0.25) is 9.69 Å². The third kappa shape index (κ3) is 3.42. The summed E-state index contributed by atoms with van der Waals surface area (Å²) < 4.78 is 17.8. The van der Waals surface area contributed by atoms with E-state index < -0.39 is 0 Å². The van der Waals surface area contributed by atoms with Crippen LogP contribution >= 0.6 is 0 Å². The normalized spacial score (nSPS) is 18.1. The number of rotatable bonds is 4. The number of benzene rings is 1. The Morgan fingerprint density at radius 3 is 2.56 bits per heavy atom. The Morgan fingerprint density at radius 1 is 1.07 bits per heavy atom. The zero-order valence-corrected chi connectivity index (χ0v) is 15.8. The van der Waals surface area contributed by atoms with E-state index in [-0.39, 0.29) is 24.4 Å². The number of ether oxygens (including phenoxy) is 3. The molecule has 0 amide bonds. The summed E-state index contributed by atoms with van der Waals surface area (Å²) in [6.45, 7) is 9.01. The quantitative estimate of drug-likeness (QED) is 0.812. The first-order valence-corrected chi connectivity index (χ1v) is 9.27. The van der Waals surface area contributed by atoms with Crippen molar-refractivity contribution in [1.29, 1.82) is 0 Å². The Balaban J connectivity index is 1.78. The van der Waals surface area contributed by atoms with Gasteiger partial charge in [0.2, 0.25) is 6.79 Å². The van der Waals surface area contributed by atoms with E-state index in [1.165, 1.54) is 0 Å². The van der Waals surface area contributed by atoms with Crippen molar-refractivity contribution in [3.63, 3.8) is 0 Å². The first-order valence-electron chi connectivity index (χ1n) is 9.27. The molecule has 1 aromatic carbocycles. The standard InChI is InChI=1S/C19H24N4O4/c1-12(2)17-19(24)23(13(3)22-6-8-25-9-7-22)21-18(20-17)14-4-5-15-16(10-14)27-11-26-15/h4-5,10,12-13H,6-9,11H2,1-3H3. The van der Waals surface area contributed by atoms with E-state index >= 15 is 0 Å². The van der Waals surface area contributed by atoms with Crippen molar-refractivity contribution in [2.75, 3.05) is 33.1 Å². The van der Waals surface area contributed by atoms with E-state index in [4.69, 9.17) is 14.2 Å². The van der Waals surface area contributed by atoms with Crippen LogP contribution in [0.2, 0.25) is 0 Å². The second-order valence-electron chi connectivity index (χ2n) is 7.07. The van der Waals surface area contributed by atoms with E-state index in [9.17, 15) is 4.79 Å². The highest BCUT2D eigenvalue weighted by Crippen LogP contribution is 2.35. The predicted octanol–water partition coefficient (Wildman–Crippen LogP) is 2.01. The molecule has 2 aromatic rings. The molecule has 1 fully saturated rings. The molecule has 0 aliphatic carbocycles. The maximum absolute atomic E-state index is 13.0. The van der Waals surface area contributed by atoms with Gasteiger partial charge in [-0.1, -0.05) is 13.8 Å². The highest BCUT2D eigenvalue weighted by Gasteiger charge is 2.24. The predicted molar refractivity (Wildman–Crippen MR) is 99.0 cm³/mol. The molecule has 0 radical (unpaired) electrons. The van der Waals surface area contributed by atoms with Crippen LogP contribution in [-0.4, -0.2) is 52.8 Å². The van der Waals surface area contributed by atoms with Crippen molar-refractivity contribution in [1.82, 2.24) is 19.7 Å². The highest BCUT2D eigenvalue weighted by atomic mass is 16.7. The Hall–Kier alpha value is -2.45. The van der Waals surface area contributed by atoms with Crippen LogP contribution in [0.4, 0.5) is 0 Å². The van der Waals surface area contributed by atoms with Gasteiger partial charge in [0.05, 0.1) is 13.2 Å². The van der Waals surface area contributed by atoms with Gasteiger partial charge in [0.1, 0.15) is 11.9 Å². The number of hydrogen-bond donors (Lipinski definition) is 0. The lowest BCUT2D eigenvalue weighted by Crippen LogP contribution is -2.44. The van der Waals surface area contributed by atoms with Crippen LogP contribution in [0.15, 0.2) is 23.0 Å². The third-order valence-corrected chi connectivity index (χ3v) is 4.96. The monoisotopic (exact) mass is 372 g/mol. The average Bonchev–Trinajstić information content (AvgIpc) is 3.16. The summed E-state index contributed by atoms with van der Waals surface area (Å²) in [5.41, 5.74) is 1.16. The van der Waals surface area contributed by atoms with Gasteiger partial charge >= 0.3 is 0 Å². The molecular weight excluding hydrogens is 348 g/mol. The summed E-state index contributed by atoms with van der Waals surface area (Å²) in [7, 11) is 0. The number of aromatic nitrogens is 3. The molecule has 0 saturated carbocycles. The van der Waals surface area contributed by atoms with Gasteiger partial charge in [-0.05, 0) is 25.1 Å². The fraction of sp³-hybridized carbons (Fsp3) is 0.526. The van der Waals surface area contributed by atoms with Crippen molar-refractivity contribution in [3.8, 4) is 22.9 Å². The van der Waals surface area contributed by atoms with E-state index in [0.29, 0.717) is 36.2 Å². The molecule has 1 unspecified atom stereocenters. The van der Waals surface area contributed by atoms with E-state index in [0.717, 1.165) is 18.7 Å². The first-order chi connectivity index (χ1) is 13.0. The summed E-state index contributed by atoms with van der Waals surface area (Å²) in [4.78, 5) is 19.8. The van der Waals surface area contributed by atoms with Gasteiger partial charge in [0, 0.05) is 24.6 Å². The third-order valence-electron chi connectivity index (χ3n) is 4.96. The molecule has 144 valence electrons. The zero-order valence-electron chi connectivity index (χ0n) is 15.8. The lowest BCUT2D eigenvalue weighted by Gasteiger charge is -2.32. The molecule has 0 bridgehead atoms. The molecule has 0 N–H and O–H groups in total. The maximum atomic E-state index is 13.0. The van der Waals surface area contributed by atoms with Crippen LogP contribution < -0.4 is 15.0 Å². The average molecular weight is 372 g/mol. The molecule has 1 aromatic heterocycles. The SMILES string of the molecule is CC(C)c1nc(-c2ccc3c(c2)OCO3)nn(C(C)N2CCOCC2)c1=O. The summed E-state index contributed by atoms with van der Waals surface area (Å²) in [6, 6.07) is 5.59. The summed E-state index contributed by atoms with van der Waals surface area (Å²) in [5, 5.41) is 4.60. The first kappa shape index (κ1) is 17.9. The van der Waals surface area contributed by atoms with Crippen molar-refractivity contribution in [3.05, 3.63) is 34.2 Å². The topological polar surface area (TPSA) is 78.7 Å². The number of morpholine rings is 1. The molecule has 27 heavy (non-hydrogen) atoms. The smallest absolute Gasteiger partial charge is 0.290 e. The number of fused-ring (bicyclic) bond motifs is 1. The van der Waals surface area contributed by atoms with Gasteiger partial charge in [0.25, 0.3) is 5.56 Å². The maximum Gasteiger partial charge on any atom is 0.290 e. The Kier molecular flexibility index (Phi) is 4.84. The van der Waals surface area contributed by atoms with Gasteiger partial charge < -0.3 is 14.2 Å². The Morgan fingerprint density at radius 2 is 1.81 bits per heavy atom. The second-order valence-corrected chi connectivity index (χ2v) is 7.07. The Bertz CT molecular complexity index is 890. The molecule has 3 heterocycles. The second kappa shape index (κ2) is 7.28. The summed E-state index contributed by atoms with van der Waals surface area (Å²) >= 11 is 0. The molecule has 8 heteroatoms. The molecule has 4 rings (SSSR count). The minimum atomic E-state index is -0.172. The van der Waals surface area contributed by atoms with Crippen molar-refractivity contribution < 1.29 is 14.2 Å². The molecule has 1 atom stereocenters. The largest absolute Gasteiger partial charge is 0.454 e. The molecule has 1 saturated heterocycles. The van der Waals surface area contributed by atoms with Crippen LogP contribution in [0, 0.1) is 0 Å². The molecule has 2 aliphatic rings. The van der Waals surface area contributed by atoms with Gasteiger partial charge in [0.15, 0.2) is 17.3 Å². The summed E-state index contributed by atoms with van der Waals surface area (Å²) in [6.07, 6.45) is -0.172. The van der Waals surface area contributed by atoms with Crippen LogP contribution in [0.1, 0.15) is 38.5 Å². The molecule has 2 aliphatic heterocycles. The molecule has 0 spiro atoms.